The van der Waals surface area contributed by atoms with Gasteiger partial charge in [-0.25, -0.2) is 0 Å². The standard InChI is InChI=1S/C31H24ClPS/c32-30-23-25(22-24-10-4-1-5-11-24)16-21-31(30)34-29-19-17-28(18-20-29)33(26-12-6-2-7-13-26)27-14-8-3-9-15-27/h1-22H,23H2. The summed E-state index contributed by atoms with van der Waals surface area (Å²) in [5.74, 6) is 0. The molecule has 0 atom stereocenters. The lowest BCUT2D eigenvalue weighted by atomic mass is 10.0. The molecule has 4 aromatic carbocycles. The van der Waals surface area contributed by atoms with Crippen LogP contribution in [0.4, 0.5) is 0 Å². The zero-order valence-corrected chi connectivity index (χ0v) is 21.1. The molecule has 0 fully saturated rings. The summed E-state index contributed by atoms with van der Waals surface area (Å²) in [5.41, 5.74) is 2.43. The van der Waals surface area contributed by atoms with E-state index in [-0.39, 0.29) is 0 Å². The van der Waals surface area contributed by atoms with Gasteiger partial charge in [-0.2, -0.15) is 0 Å². The Kier molecular flexibility index (Phi) is 7.46. The van der Waals surface area contributed by atoms with Crippen molar-refractivity contribution < 1.29 is 0 Å². The molecule has 5 rings (SSSR count). The van der Waals surface area contributed by atoms with Crippen LogP contribution in [0.25, 0.3) is 6.08 Å². The van der Waals surface area contributed by atoms with Crippen molar-refractivity contribution in [3.8, 4) is 0 Å². The lowest BCUT2D eigenvalue weighted by Gasteiger charge is -2.19. The van der Waals surface area contributed by atoms with Gasteiger partial charge in [0.15, 0.2) is 0 Å². The van der Waals surface area contributed by atoms with Crippen LogP contribution < -0.4 is 15.9 Å². The fourth-order valence-electron chi connectivity index (χ4n) is 3.94. The Bertz CT molecular complexity index is 1290. The maximum Gasteiger partial charge on any atom is 0.0364 e. The third kappa shape index (κ3) is 5.62. The summed E-state index contributed by atoms with van der Waals surface area (Å²) in [6.45, 7) is 0. The molecule has 0 saturated heterocycles. The summed E-state index contributed by atoms with van der Waals surface area (Å²) in [5, 5.41) is 4.98. The average Bonchev–Trinajstić information content (AvgIpc) is 2.89. The van der Waals surface area contributed by atoms with E-state index in [1.54, 1.807) is 11.8 Å². The van der Waals surface area contributed by atoms with Crippen molar-refractivity contribution in [3.05, 3.63) is 148 Å². The Balaban J connectivity index is 1.35. The van der Waals surface area contributed by atoms with Gasteiger partial charge in [-0.15, -0.1) is 0 Å². The second-order valence-corrected chi connectivity index (χ2v) is 11.8. The normalized spacial score (nSPS) is 14.7. The van der Waals surface area contributed by atoms with Crippen LogP contribution in [0.5, 0.6) is 0 Å². The van der Waals surface area contributed by atoms with Gasteiger partial charge >= 0.3 is 0 Å². The molecule has 3 heteroatoms. The highest BCUT2D eigenvalue weighted by Crippen LogP contribution is 2.38. The van der Waals surface area contributed by atoms with Crippen LogP contribution in [0.3, 0.4) is 0 Å². The zero-order valence-electron chi connectivity index (χ0n) is 18.6. The quantitative estimate of drug-likeness (QED) is 0.244. The predicted molar refractivity (Wildman–Crippen MR) is 152 cm³/mol. The fourth-order valence-corrected chi connectivity index (χ4v) is 7.40. The molecule has 1 aliphatic rings. The van der Waals surface area contributed by atoms with Crippen molar-refractivity contribution in [3.63, 3.8) is 0 Å². The Labute approximate surface area is 212 Å². The van der Waals surface area contributed by atoms with Crippen LogP contribution in [0.1, 0.15) is 12.0 Å². The van der Waals surface area contributed by atoms with Gasteiger partial charge in [-0.1, -0.05) is 139 Å². The number of hydrogen-bond acceptors (Lipinski definition) is 1. The van der Waals surface area contributed by atoms with Crippen LogP contribution in [0, 0.1) is 0 Å². The molecule has 0 amide bonds. The summed E-state index contributed by atoms with van der Waals surface area (Å²) in [6.07, 6.45) is 7.28. The Morgan fingerprint density at radius 2 is 1.15 bits per heavy atom. The number of allylic oxidation sites excluding steroid dienone is 4. The second-order valence-electron chi connectivity index (χ2n) is 8.01. The molecule has 0 aromatic heterocycles. The van der Waals surface area contributed by atoms with Gasteiger partial charge in [-0.3, -0.25) is 0 Å². The van der Waals surface area contributed by atoms with Crippen molar-refractivity contribution in [2.75, 3.05) is 0 Å². The summed E-state index contributed by atoms with van der Waals surface area (Å²) in [7, 11) is -0.586. The van der Waals surface area contributed by atoms with Gasteiger partial charge in [0.05, 0.1) is 0 Å². The Morgan fingerprint density at radius 3 is 1.71 bits per heavy atom. The van der Waals surface area contributed by atoms with E-state index in [2.05, 4.69) is 127 Å². The summed E-state index contributed by atoms with van der Waals surface area (Å²) >= 11 is 8.44. The first kappa shape index (κ1) is 22.9. The Morgan fingerprint density at radius 1 is 0.618 bits per heavy atom. The first-order valence-corrected chi connectivity index (χ1v) is 13.8. The minimum Gasteiger partial charge on any atom is -0.0889 e. The van der Waals surface area contributed by atoms with Gasteiger partial charge in [0.1, 0.15) is 0 Å². The molecule has 0 N–H and O–H groups in total. The molecule has 0 aliphatic heterocycles. The zero-order chi connectivity index (χ0) is 23.2. The SMILES string of the molecule is ClC1=C(Sc2ccc(P(c3ccccc3)c3ccccc3)cc2)C=CC(=Cc2ccccc2)C1. The highest BCUT2D eigenvalue weighted by molar-refractivity contribution is 8.03. The smallest absolute Gasteiger partial charge is 0.0364 e. The minimum absolute atomic E-state index is 0.586. The third-order valence-corrected chi connectivity index (χ3v) is 9.58. The second kappa shape index (κ2) is 11.1. The summed E-state index contributed by atoms with van der Waals surface area (Å²) in [4.78, 5) is 2.32. The van der Waals surface area contributed by atoms with Gasteiger partial charge in [-0.05, 0) is 53.2 Å². The highest BCUT2D eigenvalue weighted by Gasteiger charge is 2.17. The van der Waals surface area contributed by atoms with E-state index in [4.69, 9.17) is 11.6 Å². The largest absolute Gasteiger partial charge is 0.0889 e. The Hall–Kier alpha value is -2.83. The van der Waals surface area contributed by atoms with Crippen molar-refractivity contribution in [2.45, 2.75) is 11.3 Å². The average molecular weight is 495 g/mol. The van der Waals surface area contributed by atoms with Gasteiger partial charge in [0, 0.05) is 21.3 Å². The maximum absolute atomic E-state index is 6.71. The molecule has 1 aliphatic carbocycles. The lowest BCUT2D eigenvalue weighted by Crippen LogP contribution is -2.20. The minimum atomic E-state index is -0.586. The third-order valence-electron chi connectivity index (χ3n) is 5.58. The molecule has 0 heterocycles. The number of rotatable bonds is 6. The van der Waals surface area contributed by atoms with Crippen molar-refractivity contribution in [1.29, 1.82) is 0 Å². The van der Waals surface area contributed by atoms with E-state index >= 15 is 0 Å². The van der Waals surface area contributed by atoms with Gasteiger partial charge < -0.3 is 0 Å². The molecule has 34 heavy (non-hydrogen) atoms. The van der Waals surface area contributed by atoms with Crippen molar-refractivity contribution >= 4 is 53.3 Å². The predicted octanol–water partition coefficient (Wildman–Crippen LogP) is 8.03. The fraction of sp³-hybridized carbons (Fsp3) is 0.0323. The summed E-state index contributed by atoms with van der Waals surface area (Å²) in [6, 6.07) is 41.0. The van der Waals surface area contributed by atoms with Crippen LogP contribution in [-0.2, 0) is 0 Å². The maximum atomic E-state index is 6.71. The molecule has 0 spiro atoms. The molecular formula is C31H24ClPS. The number of hydrogen-bond donors (Lipinski definition) is 0. The molecule has 0 nitrogen and oxygen atoms in total. The van der Waals surface area contributed by atoms with Crippen molar-refractivity contribution in [1.82, 2.24) is 0 Å². The molecular weight excluding hydrogens is 471 g/mol. The van der Waals surface area contributed by atoms with Gasteiger partial charge in [0.25, 0.3) is 0 Å². The van der Waals surface area contributed by atoms with E-state index in [1.807, 2.05) is 6.07 Å². The number of benzene rings is 4. The first-order valence-electron chi connectivity index (χ1n) is 11.3. The topological polar surface area (TPSA) is 0 Å². The molecule has 0 radical (unpaired) electrons. The first-order chi connectivity index (χ1) is 16.8. The molecule has 0 bridgehead atoms. The van der Waals surface area contributed by atoms with Crippen molar-refractivity contribution in [2.24, 2.45) is 0 Å². The van der Waals surface area contributed by atoms with Crippen LogP contribution in [0.15, 0.2) is 148 Å². The highest BCUT2D eigenvalue weighted by atomic mass is 35.5. The lowest BCUT2D eigenvalue weighted by molar-refractivity contribution is 1.24. The van der Waals surface area contributed by atoms with Crippen LogP contribution in [0.2, 0.25) is 0 Å². The van der Waals surface area contributed by atoms with E-state index in [0.717, 1.165) is 16.4 Å². The number of halogens is 1. The van der Waals surface area contributed by atoms with E-state index < -0.39 is 7.92 Å². The van der Waals surface area contributed by atoms with Gasteiger partial charge in [0.2, 0.25) is 0 Å². The molecule has 166 valence electrons. The van der Waals surface area contributed by atoms with E-state index in [1.165, 1.54) is 31.9 Å². The molecule has 0 unspecified atom stereocenters. The number of thioether (sulfide) groups is 1. The molecule has 4 aromatic rings. The van der Waals surface area contributed by atoms with Crippen LogP contribution in [-0.4, -0.2) is 0 Å². The van der Waals surface area contributed by atoms with E-state index in [9.17, 15) is 0 Å². The summed E-state index contributed by atoms with van der Waals surface area (Å²) < 4.78 is 0. The monoisotopic (exact) mass is 494 g/mol. The van der Waals surface area contributed by atoms with Crippen LogP contribution >= 0.6 is 31.3 Å². The van der Waals surface area contributed by atoms with E-state index in [0.29, 0.717) is 0 Å². The molecule has 0 saturated carbocycles.